The number of ether oxygens (including phenoxy) is 1. The first-order valence-corrected chi connectivity index (χ1v) is 7.99. The third kappa shape index (κ3) is 2.66. The second kappa shape index (κ2) is 4.86. The van der Waals surface area contributed by atoms with Gasteiger partial charge in [0.15, 0.2) is 0 Å². The van der Waals surface area contributed by atoms with Crippen LogP contribution in [0.15, 0.2) is 15.7 Å². The molecular weight excluding hydrogens is 290 g/mol. The fourth-order valence-corrected chi connectivity index (χ4v) is 4.98. The maximum atomic E-state index is 12.5. The van der Waals surface area contributed by atoms with Crippen molar-refractivity contribution in [1.82, 2.24) is 4.31 Å². The van der Waals surface area contributed by atoms with Crippen molar-refractivity contribution in [3.05, 3.63) is 17.0 Å². The van der Waals surface area contributed by atoms with Crippen molar-refractivity contribution in [2.75, 3.05) is 19.8 Å². The van der Waals surface area contributed by atoms with E-state index in [1.807, 2.05) is 0 Å². The van der Waals surface area contributed by atoms with Crippen LogP contribution in [0, 0.1) is 0 Å². The average molecular weight is 305 g/mol. The maximum absolute atomic E-state index is 12.5. The van der Waals surface area contributed by atoms with Crippen LogP contribution < -0.4 is 0 Å². The fourth-order valence-electron chi connectivity index (χ4n) is 1.96. The number of hydrogen-bond donors (Lipinski definition) is 1. The Kier molecular flexibility index (Phi) is 3.69. The summed E-state index contributed by atoms with van der Waals surface area (Å²) in [6.45, 7) is 4.52. The van der Waals surface area contributed by atoms with Crippen molar-refractivity contribution in [2.45, 2.75) is 23.6 Å². The van der Waals surface area contributed by atoms with Gasteiger partial charge in [-0.25, -0.2) is 13.2 Å². The number of carboxylic acids is 1. The number of aromatic carboxylic acids is 1. The molecule has 1 aromatic heterocycles. The predicted molar refractivity (Wildman–Crippen MR) is 70.1 cm³/mol. The van der Waals surface area contributed by atoms with Gasteiger partial charge in [0.25, 0.3) is 10.0 Å². The van der Waals surface area contributed by atoms with Gasteiger partial charge in [-0.3, -0.25) is 0 Å². The highest BCUT2D eigenvalue weighted by atomic mass is 32.2. The van der Waals surface area contributed by atoms with Gasteiger partial charge in [0.1, 0.15) is 4.21 Å². The van der Waals surface area contributed by atoms with Crippen LogP contribution >= 0.6 is 11.3 Å². The van der Waals surface area contributed by atoms with E-state index >= 15 is 0 Å². The van der Waals surface area contributed by atoms with E-state index in [4.69, 9.17) is 9.84 Å². The predicted octanol–water partition coefficient (Wildman–Crippen LogP) is 1.25. The van der Waals surface area contributed by atoms with Crippen LogP contribution in [0.4, 0.5) is 0 Å². The van der Waals surface area contributed by atoms with Crippen molar-refractivity contribution in [2.24, 2.45) is 0 Å². The highest BCUT2D eigenvalue weighted by molar-refractivity contribution is 7.91. The van der Waals surface area contributed by atoms with Gasteiger partial charge in [-0.15, -0.1) is 11.3 Å². The van der Waals surface area contributed by atoms with Gasteiger partial charge in [-0.2, -0.15) is 4.31 Å². The van der Waals surface area contributed by atoms with E-state index in [9.17, 15) is 13.2 Å². The molecule has 6 nitrogen and oxygen atoms in total. The molecule has 1 N–H and O–H groups in total. The van der Waals surface area contributed by atoms with Crippen molar-refractivity contribution < 1.29 is 23.1 Å². The second-order valence-corrected chi connectivity index (χ2v) is 7.90. The van der Waals surface area contributed by atoms with Crippen molar-refractivity contribution in [1.29, 1.82) is 0 Å². The summed E-state index contributed by atoms with van der Waals surface area (Å²) in [7, 11) is -3.67. The van der Waals surface area contributed by atoms with Gasteiger partial charge in [0.2, 0.25) is 0 Å². The molecule has 1 aliphatic rings. The monoisotopic (exact) mass is 305 g/mol. The Morgan fingerprint density at radius 3 is 2.74 bits per heavy atom. The molecule has 1 fully saturated rings. The van der Waals surface area contributed by atoms with Crippen LogP contribution in [0.1, 0.15) is 24.2 Å². The summed E-state index contributed by atoms with van der Waals surface area (Å²) >= 11 is 0.928. The number of thiophene rings is 1. The minimum absolute atomic E-state index is 0.00496. The topological polar surface area (TPSA) is 83.9 Å². The third-order valence-electron chi connectivity index (χ3n) is 2.94. The number of nitrogens with zero attached hydrogens (tertiary/aromatic N) is 1. The largest absolute Gasteiger partial charge is 0.478 e. The van der Waals surface area contributed by atoms with Crippen LogP contribution in [0.2, 0.25) is 0 Å². The highest BCUT2D eigenvalue weighted by Crippen LogP contribution is 2.30. The zero-order chi connectivity index (χ0) is 14.3. The maximum Gasteiger partial charge on any atom is 0.336 e. The Balaban J connectivity index is 2.38. The summed E-state index contributed by atoms with van der Waals surface area (Å²) in [6.07, 6.45) is 0. The molecule has 0 spiro atoms. The van der Waals surface area contributed by atoms with Crippen LogP contribution in [-0.2, 0) is 14.8 Å². The number of carboxylic acid groups (broad SMARTS) is 1. The van der Waals surface area contributed by atoms with Gasteiger partial charge in [-0.1, -0.05) is 0 Å². The van der Waals surface area contributed by atoms with Crippen LogP contribution in [0.3, 0.4) is 0 Å². The molecule has 1 saturated heterocycles. The molecule has 8 heteroatoms. The molecule has 2 heterocycles. The Labute approximate surface area is 115 Å². The molecule has 106 valence electrons. The van der Waals surface area contributed by atoms with Gasteiger partial charge in [-0.05, 0) is 19.9 Å². The second-order valence-electron chi connectivity index (χ2n) is 4.90. The molecule has 0 bridgehead atoms. The Morgan fingerprint density at radius 1 is 1.53 bits per heavy atom. The minimum atomic E-state index is -3.67. The van der Waals surface area contributed by atoms with Crippen LogP contribution in [-0.4, -0.2) is 49.1 Å². The molecule has 1 aromatic rings. The van der Waals surface area contributed by atoms with E-state index in [0.29, 0.717) is 13.2 Å². The summed E-state index contributed by atoms with van der Waals surface area (Å²) in [5, 5.41) is 10.2. The van der Waals surface area contributed by atoms with E-state index in [-0.39, 0.29) is 16.3 Å². The number of sulfonamides is 1. The number of rotatable bonds is 3. The van der Waals surface area contributed by atoms with Gasteiger partial charge < -0.3 is 9.84 Å². The Hall–Kier alpha value is -0.960. The van der Waals surface area contributed by atoms with Gasteiger partial charge in [0.05, 0.1) is 24.3 Å². The van der Waals surface area contributed by atoms with Crippen molar-refractivity contribution in [3.8, 4) is 0 Å². The highest BCUT2D eigenvalue weighted by Gasteiger charge is 2.40. The average Bonchev–Trinajstić information content (AvgIpc) is 2.77. The first-order chi connectivity index (χ1) is 8.75. The first kappa shape index (κ1) is 14.4. The summed E-state index contributed by atoms with van der Waals surface area (Å²) in [5.41, 5.74) is -0.639. The smallest absolute Gasteiger partial charge is 0.336 e. The molecule has 0 saturated carbocycles. The molecule has 2 rings (SSSR count). The fraction of sp³-hybridized carbons (Fsp3) is 0.545. The summed E-state index contributed by atoms with van der Waals surface area (Å²) < 4.78 is 31.8. The van der Waals surface area contributed by atoms with Crippen molar-refractivity contribution >= 4 is 27.3 Å². The summed E-state index contributed by atoms with van der Waals surface area (Å²) in [4.78, 5) is 10.8. The minimum Gasteiger partial charge on any atom is -0.478 e. The summed E-state index contributed by atoms with van der Waals surface area (Å²) in [6, 6.07) is 1.20. The third-order valence-corrected chi connectivity index (χ3v) is 6.46. The molecule has 0 aromatic carbocycles. The van der Waals surface area contributed by atoms with E-state index < -0.39 is 21.5 Å². The van der Waals surface area contributed by atoms with E-state index in [0.717, 1.165) is 11.3 Å². The normalized spacial score (nSPS) is 20.3. The van der Waals surface area contributed by atoms with E-state index in [1.54, 1.807) is 13.8 Å². The molecule has 0 aliphatic carbocycles. The molecule has 19 heavy (non-hydrogen) atoms. The molecule has 1 aliphatic heterocycles. The standard InChI is InChI=1S/C11H15NO5S2/c1-11(2)7-17-4-3-12(11)19(15,16)9-5-8(6-18-9)10(13)14/h5-6H,3-4,7H2,1-2H3,(H,13,14). The zero-order valence-corrected chi connectivity index (χ0v) is 12.3. The SMILES string of the molecule is CC1(C)COCCN1S(=O)(=O)c1cc(C(=O)O)cs1. The number of carbonyl (C=O) groups is 1. The van der Waals surface area contributed by atoms with Gasteiger partial charge >= 0.3 is 5.97 Å². The molecule has 0 radical (unpaired) electrons. The number of hydrogen-bond acceptors (Lipinski definition) is 5. The van der Waals surface area contributed by atoms with Gasteiger partial charge in [0, 0.05) is 11.9 Å². The Bertz CT molecular complexity index is 590. The lowest BCUT2D eigenvalue weighted by Crippen LogP contribution is -2.55. The quantitative estimate of drug-likeness (QED) is 0.908. The number of morpholine rings is 1. The van der Waals surface area contributed by atoms with E-state index in [1.165, 1.54) is 15.8 Å². The first-order valence-electron chi connectivity index (χ1n) is 5.67. The van der Waals surface area contributed by atoms with E-state index in [2.05, 4.69) is 0 Å². The Morgan fingerprint density at radius 2 is 2.21 bits per heavy atom. The lowest BCUT2D eigenvalue weighted by Gasteiger charge is -2.40. The lowest BCUT2D eigenvalue weighted by molar-refractivity contribution is -0.00761. The van der Waals surface area contributed by atoms with Crippen LogP contribution in [0.25, 0.3) is 0 Å². The molecule has 0 unspecified atom stereocenters. The zero-order valence-electron chi connectivity index (χ0n) is 10.6. The molecular formula is C11H15NO5S2. The van der Waals surface area contributed by atoms with Crippen LogP contribution in [0.5, 0.6) is 0 Å². The van der Waals surface area contributed by atoms with Crippen molar-refractivity contribution in [3.63, 3.8) is 0 Å². The molecule has 0 amide bonds. The summed E-state index contributed by atoms with van der Waals surface area (Å²) in [5.74, 6) is -1.13. The molecule has 0 atom stereocenters. The lowest BCUT2D eigenvalue weighted by atomic mass is 10.1.